The molecule has 0 bridgehead atoms. The van der Waals surface area contributed by atoms with Gasteiger partial charge in [0.25, 0.3) is 0 Å². The van der Waals surface area contributed by atoms with E-state index < -0.39 is 0 Å². The van der Waals surface area contributed by atoms with Gasteiger partial charge in [-0.1, -0.05) is 25.3 Å². The van der Waals surface area contributed by atoms with Crippen LogP contribution in [0, 0.1) is 0 Å². The minimum atomic E-state index is 0.491. The molecule has 1 aliphatic rings. The highest BCUT2D eigenvalue weighted by atomic mass is 32.1. The molecule has 0 aromatic carbocycles. The van der Waals surface area contributed by atoms with E-state index in [1.165, 1.54) is 43.5 Å². The van der Waals surface area contributed by atoms with Gasteiger partial charge in [-0.3, -0.25) is 0 Å². The molecule has 0 saturated heterocycles. The molecule has 102 valence electrons. The van der Waals surface area contributed by atoms with E-state index in [9.17, 15) is 0 Å². The molecule has 1 aromatic heterocycles. The largest absolute Gasteiger partial charge is 0.308 e. The number of likely N-dealkylation sites (N-methyl/N-ethyl adjacent to an activating group) is 1. The fourth-order valence-electron chi connectivity index (χ4n) is 2.80. The zero-order valence-corrected chi connectivity index (χ0v) is 12.5. The monoisotopic (exact) mass is 266 g/mol. The Morgan fingerprint density at radius 1 is 1.39 bits per heavy atom. The molecule has 0 spiro atoms. The number of hydrogen-bond donors (Lipinski definition) is 1. The molecule has 1 atom stereocenters. The van der Waals surface area contributed by atoms with Crippen LogP contribution in [-0.2, 0) is 0 Å². The van der Waals surface area contributed by atoms with Crippen LogP contribution in [-0.4, -0.2) is 31.1 Å². The molecule has 1 fully saturated rings. The normalized spacial score (nSPS) is 19.3. The summed E-state index contributed by atoms with van der Waals surface area (Å²) in [6.07, 6.45) is 7.09. The van der Waals surface area contributed by atoms with Crippen molar-refractivity contribution in [3.63, 3.8) is 0 Å². The first kappa shape index (κ1) is 14.0. The van der Waals surface area contributed by atoms with Gasteiger partial charge in [0.2, 0.25) is 0 Å². The summed E-state index contributed by atoms with van der Waals surface area (Å²) in [4.78, 5) is 3.99. The number of hydrogen-bond acceptors (Lipinski definition) is 3. The summed E-state index contributed by atoms with van der Waals surface area (Å²) in [6, 6.07) is 5.67. The highest BCUT2D eigenvalue weighted by molar-refractivity contribution is 7.10. The topological polar surface area (TPSA) is 15.3 Å². The first-order chi connectivity index (χ1) is 8.77. The molecule has 1 unspecified atom stereocenters. The second-order valence-corrected chi connectivity index (χ2v) is 6.44. The van der Waals surface area contributed by atoms with E-state index in [0.717, 1.165) is 12.6 Å². The fraction of sp³-hybridized carbons (Fsp3) is 0.733. The zero-order chi connectivity index (χ0) is 12.8. The molecule has 0 aliphatic heterocycles. The van der Waals surface area contributed by atoms with Crippen LogP contribution in [0.1, 0.15) is 49.9 Å². The van der Waals surface area contributed by atoms with E-state index in [1.54, 1.807) is 0 Å². The van der Waals surface area contributed by atoms with Crippen LogP contribution < -0.4 is 5.32 Å². The van der Waals surface area contributed by atoms with Crippen molar-refractivity contribution in [2.75, 3.05) is 20.1 Å². The smallest absolute Gasteiger partial charge is 0.0386 e. The standard InChI is InChI=1S/C15H26N2S/c1-13(15-9-6-12-18-15)16-10-11-17(2)14-7-4-3-5-8-14/h6,9,12-14,16H,3-5,7-8,10-11H2,1-2H3. The average Bonchev–Trinajstić information content (AvgIpc) is 2.93. The lowest BCUT2D eigenvalue weighted by Crippen LogP contribution is -2.38. The Bertz CT molecular complexity index is 317. The quantitative estimate of drug-likeness (QED) is 0.845. The van der Waals surface area contributed by atoms with Crippen molar-refractivity contribution in [2.45, 2.75) is 51.1 Å². The Morgan fingerprint density at radius 3 is 2.83 bits per heavy atom. The van der Waals surface area contributed by atoms with Crippen LogP contribution >= 0.6 is 11.3 Å². The van der Waals surface area contributed by atoms with Gasteiger partial charge in [0.05, 0.1) is 0 Å². The highest BCUT2D eigenvalue weighted by Gasteiger charge is 2.17. The number of thiophene rings is 1. The number of nitrogens with one attached hydrogen (secondary N) is 1. The Labute approximate surface area is 115 Å². The Morgan fingerprint density at radius 2 is 2.17 bits per heavy atom. The lowest BCUT2D eigenvalue weighted by atomic mass is 9.94. The second kappa shape index (κ2) is 7.27. The molecule has 1 heterocycles. The molecule has 3 heteroatoms. The molecule has 18 heavy (non-hydrogen) atoms. The molecule has 2 rings (SSSR count). The molecule has 2 nitrogen and oxygen atoms in total. The first-order valence-corrected chi connectivity index (χ1v) is 8.12. The predicted molar refractivity (Wildman–Crippen MR) is 80.2 cm³/mol. The van der Waals surface area contributed by atoms with Gasteiger partial charge < -0.3 is 10.2 Å². The van der Waals surface area contributed by atoms with E-state index in [2.05, 4.69) is 41.7 Å². The van der Waals surface area contributed by atoms with Gasteiger partial charge in [0.1, 0.15) is 0 Å². The number of nitrogens with zero attached hydrogens (tertiary/aromatic N) is 1. The molecule has 1 saturated carbocycles. The third kappa shape index (κ3) is 4.08. The summed E-state index contributed by atoms with van der Waals surface area (Å²) >= 11 is 1.84. The predicted octanol–water partition coefficient (Wildman–Crippen LogP) is 3.66. The van der Waals surface area contributed by atoms with E-state index in [0.29, 0.717) is 6.04 Å². The van der Waals surface area contributed by atoms with Crippen LogP contribution in [0.15, 0.2) is 17.5 Å². The van der Waals surface area contributed by atoms with Gasteiger partial charge in [0, 0.05) is 30.1 Å². The minimum Gasteiger partial charge on any atom is -0.308 e. The number of rotatable bonds is 6. The van der Waals surface area contributed by atoms with Crippen LogP contribution in [0.2, 0.25) is 0 Å². The van der Waals surface area contributed by atoms with E-state index in [4.69, 9.17) is 0 Å². The maximum Gasteiger partial charge on any atom is 0.0386 e. The van der Waals surface area contributed by atoms with Crippen molar-refractivity contribution in [3.8, 4) is 0 Å². The summed E-state index contributed by atoms with van der Waals surface area (Å²) in [7, 11) is 2.29. The van der Waals surface area contributed by atoms with Gasteiger partial charge >= 0.3 is 0 Å². The van der Waals surface area contributed by atoms with E-state index in [-0.39, 0.29) is 0 Å². The van der Waals surface area contributed by atoms with E-state index >= 15 is 0 Å². The fourth-order valence-corrected chi connectivity index (χ4v) is 3.56. The first-order valence-electron chi connectivity index (χ1n) is 7.24. The van der Waals surface area contributed by atoms with Gasteiger partial charge in [-0.05, 0) is 38.3 Å². The van der Waals surface area contributed by atoms with Crippen molar-refractivity contribution in [3.05, 3.63) is 22.4 Å². The third-order valence-electron chi connectivity index (χ3n) is 4.08. The maximum absolute atomic E-state index is 3.62. The van der Waals surface area contributed by atoms with Gasteiger partial charge in [0.15, 0.2) is 0 Å². The summed E-state index contributed by atoms with van der Waals surface area (Å²) in [5.74, 6) is 0. The van der Waals surface area contributed by atoms with Crippen molar-refractivity contribution in [1.82, 2.24) is 10.2 Å². The summed E-state index contributed by atoms with van der Waals surface area (Å²) < 4.78 is 0. The van der Waals surface area contributed by atoms with Crippen molar-refractivity contribution in [1.29, 1.82) is 0 Å². The van der Waals surface area contributed by atoms with Gasteiger partial charge in [-0.15, -0.1) is 11.3 Å². The lowest BCUT2D eigenvalue weighted by molar-refractivity contribution is 0.191. The zero-order valence-electron chi connectivity index (χ0n) is 11.7. The Kier molecular flexibility index (Phi) is 5.67. The molecule has 1 aliphatic carbocycles. The third-order valence-corrected chi connectivity index (χ3v) is 5.14. The minimum absolute atomic E-state index is 0.491. The van der Waals surface area contributed by atoms with Gasteiger partial charge in [-0.25, -0.2) is 0 Å². The SMILES string of the molecule is CC(NCCN(C)C1CCCCC1)c1cccs1. The second-order valence-electron chi connectivity index (χ2n) is 5.46. The lowest BCUT2D eigenvalue weighted by Gasteiger charge is -2.31. The molecular formula is C15H26N2S. The molecule has 0 radical (unpaired) electrons. The van der Waals surface area contributed by atoms with Crippen LogP contribution in [0.3, 0.4) is 0 Å². The molecule has 0 amide bonds. The molecular weight excluding hydrogens is 240 g/mol. The molecule has 1 N–H and O–H groups in total. The van der Waals surface area contributed by atoms with Crippen LogP contribution in [0.25, 0.3) is 0 Å². The van der Waals surface area contributed by atoms with Crippen molar-refractivity contribution < 1.29 is 0 Å². The van der Waals surface area contributed by atoms with Crippen molar-refractivity contribution >= 4 is 11.3 Å². The van der Waals surface area contributed by atoms with Gasteiger partial charge in [-0.2, -0.15) is 0 Å². The highest BCUT2D eigenvalue weighted by Crippen LogP contribution is 2.21. The van der Waals surface area contributed by atoms with Crippen molar-refractivity contribution in [2.24, 2.45) is 0 Å². The van der Waals surface area contributed by atoms with Crippen LogP contribution in [0.5, 0.6) is 0 Å². The average molecular weight is 266 g/mol. The Balaban J connectivity index is 1.65. The molecule has 1 aromatic rings. The van der Waals surface area contributed by atoms with E-state index in [1.807, 2.05) is 11.3 Å². The maximum atomic E-state index is 3.62. The summed E-state index contributed by atoms with van der Waals surface area (Å²) in [5, 5.41) is 5.78. The summed E-state index contributed by atoms with van der Waals surface area (Å²) in [6.45, 7) is 4.51. The Hall–Kier alpha value is -0.380. The van der Waals surface area contributed by atoms with Crippen LogP contribution in [0.4, 0.5) is 0 Å². The summed E-state index contributed by atoms with van der Waals surface area (Å²) in [5.41, 5.74) is 0.